The number of benzene rings is 1. The third-order valence-electron chi connectivity index (χ3n) is 3.49. The van der Waals surface area contributed by atoms with Crippen LogP contribution in [0, 0.1) is 5.82 Å². The molecule has 1 heterocycles. The van der Waals surface area contributed by atoms with E-state index in [2.05, 4.69) is 4.98 Å². The van der Waals surface area contributed by atoms with Crippen LogP contribution in [0.3, 0.4) is 0 Å². The standard InChI is InChI=1S/C15H15BF3N3O2/c1-2-24-13(23)12-21-5-6-22(12)8-15(20,14(18)19)10-7-9(16)3-4-11(10)17/h3-7,14H,2,8,20H2,1H3. The highest BCUT2D eigenvalue weighted by atomic mass is 19.3. The number of imidazole rings is 1. The van der Waals surface area contributed by atoms with E-state index in [1.54, 1.807) is 6.92 Å². The first-order chi connectivity index (χ1) is 11.3. The quantitative estimate of drug-likeness (QED) is 0.633. The van der Waals surface area contributed by atoms with Gasteiger partial charge in [-0.3, -0.25) is 0 Å². The van der Waals surface area contributed by atoms with Gasteiger partial charge >= 0.3 is 5.97 Å². The minimum absolute atomic E-state index is 0.0954. The molecular formula is C15H15BF3N3O2. The molecule has 0 bridgehead atoms. The van der Waals surface area contributed by atoms with E-state index in [9.17, 15) is 18.0 Å². The third kappa shape index (κ3) is 3.45. The van der Waals surface area contributed by atoms with Gasteiger partial charge in [0.1, 0.15) is 19.2 Å². The van der Waals surface area contributed by atoms with Gasteiger partial charge in [-0.25, -0.2) is 22.9 Å². The molecule has 0 amide bonds. The van der Waals surface area contributed by atoms with Gasteiger partial charge in [-0.2, -0.15) is 0 Å². The summed E-state index contributed by atoms with van der Waals surface area (Å²) in [5.74, 6) is -1.89. The van der Waals surface area contributed by atoms with Crippen LogP contribution in [0.4, 0.5) is 13.2 Å². The van der Waals surface area contributed by atoms with Gasteiger partial charge in [0.2, 0.25) is 5.82 Å². The SMILES string of the molecule is [B]c1ccc(F)c(C(N)(Cn2ccnc2C(=O)OCC)C(F)F)c1. The van der Waals surface area contributed by atoms with E-state index < -0.39 is 35.9 Å². The van der Waals surface area contributed by atoms with Crippen LogP contribution < -0.4 is 11.2 Å². The fraction of sp³-hybridized carbons (Fsp3) is 0.333. The number of ether oxygens (including phenoxy) is 1. The first-order valence-corrected chi connectivity index (χ1v) is 7.10. The van der Waals surface area contributed by atoms with Crippen molar-refractivity contribution < 1.29 is 22.7 Å². The molecule has 0 aliphatic heterocycles. The molecule has 9 heteroatoms. The Morgan fingerprint density at radius 2 is 2.21 bits per heavy atom. The maximum Gasteiger partial charge on any atom is 0.374 e. The maximum atomic E-state index is 14.0. The van der Waals surface area contributed by atoms with Crippen molar-refractivity contribution in [3.05, 3.63) is 47.8 Å². The van der Waals surface area contributed by atoms with Crippen LogP contribution in [0.25, 0.3) is 0 Å². The average molecular weight is 337 g/mol. The van der Waals surface area contributed by atoms with Crippen molar-refractivity contribution in [1.82, 2.24) is 9.55 Å². The first-order valence-electron chi connectivity index (χ1n) is 7.10. The largest absolute Gasteiger partial charge is 0.460 e. The molecule has 1 aromatic carbocycles. The van der Waals surface area contributed by atoms with Crippen molar-refractivity contribution in [2.24, 2.45) is 5.73 Å². The molecule has 2 radical (unpaired) electrons. The van der Waals surface area contributed by atoms with E-state index in [-0.39, 0.29) is 17.9 Å². The topological polar surface area (TPSA) is 70.1 Å². The molecule has 1 atom stereocenters. The van der Waals surface area contributed by atoms with Crippen LogP contribution >= 0.6 is 0 Å². The molecule has 0 fully saturated rings. The van der Waals surface area contributed by atoms with Crippen molar-refractivity contribution in [3.63, 3.8) is 0 Å². The van der Waals surface area contributed by atoms with Crippen LogP contribution in [0.2, 0.25) is 0 Å². The first kappa shape index (κ1) is 18.1. The van der Waals surface area contributed by atoms with Crippen molar-refractivity contribution in [3.8, 4) is 0 Å². The Labute approximate surface area is 138 Å². The van der Waals surface area contributed by atoms with E-state index in [1.807, 2.05) is 0 Å². The smallest absolute Gasteiger partial charge is 0.374 e. The van der Waals surface area contributed by atoms with E-state index in [4.69, 9.17) is 18.3 Å². The molecule has 5 nitrogen and oxygen atoms in total. The number of nitrogens with zero attached hydrogens (tertiary/aromatic N) is 2. The number of halogens is 3. The van der Waals surface area contributed by atoms with Crippen LogP contribution in [0.15, 0.2) is 30.6 Å². The Hall–Kier alpha value is -2.29. The summed E-state index contributed by atoms with van der Waals surface area (Å²) < 4.78 is 47.3. The lowest BCUT2D eigenvalue weighted by Gasteiger charge is -2.30. The summed E-state index contributed by atoms with van der Waals surface area (Å²) in [6.07, 6.45) is -0.583. The summed E-state index contributed by atoms with van der Waals surface area (Å²) >= 11 is 0. The molecule has 0 saturated carbocycles. The average Bonchev–Trinajstić information content (AvgIpc) is 2.97. The summed E-state index contributed by atoms with van der Waals surface area (Å²) in [6.45, 7) is 1.11. The minimum atomic E-state index is -3.12. The Morgan fingerprint density at radius 3 is 2.83 bits per heavy atom. The molecule has 126 valence electrons. The maximum absolute atomic E-state index is 14.0. The highest BCUT2D eigenvalue weighted by Gasteiger charge is 2.41. The number of aromatic nitrogens is 2. The van der Waals surface area contributed by atoms with Crippen molar-refractivity contribution in [1.29, 1.82) is 0 Å². The van der Waals surface area contributed by atoms with Gasteiger partial charge in [0, 0.05) is 18.0 Å². The lowest BCUT2D eigenvalue weighted by Crippen LogP contribution is -2.49. The number of nitrogens with two attached hydrogens (primary N) is 1. The van der Waals surface area contributed by atoms with Gasteiger partial charge in [-0.05, 0) is 13.0 Å². The van der Waals surface area contributed by atoms with Gasteiger partial charge in [0.25, 0.3) is 6.43 Å². The van der Waals surface area contributed by atoms with Crippen molar-refractivity contribution >= 4 is 19.3 Å². The predicted molar refractivity (Wildman–Crippen MR) is 81.8 cm³/mol. The fourth-order valence-electron chi connectivity index (χ4n) is 2.28. The number of esters is 1. The molecular weight excluding hydrogens is 322 g/mol. The van der Waals surface area contributed by atoms with E-state index >= 15 is 0 Å². The molecule has 0 saturated heterocycles. The molecule has 0 aliphatic carbocycles. The molecule has 2 aromatic rings. The second kappa shape index (κ2) is 7.08. The number of hydrogen-bond donors (Lipinski definition) is 1. The Bertz CT molecular complexity index is 739. The summed E-state index contributed by atoms with van der Waals surface area (Å²) in [6, 6.07) is 3.27. The van der Waals surface area contributed by atoms with Crippen LogP contribution in [0.1, 0.15) is 23.1 Å². The lowest BCUT2D eigenvalue weighted by atomic mass is 9.85. The van der Waals surface area contributed by atoms with Gasteiger partial charge in [-0.1, -0.05) is 17.6 Å². The molecule has 0 spiro atoms. The zero-order valence-corrected chi connectivity index (χ0v) is 12.9. The predicted octanol–water partition coefficient (Wildman–Crippen LogP) is 1.11. The highest BCUT2D eigenvalue weighted by Crippen LogP contribution is 2.29. The van der Waals surface area contributed by atoms with Crippen LogP contribution in [0.5, 0.6) is 0 Å². The molecule has 0 aliphatic rings. The summed E-state index contributed by atoms with van der Waals surface area (Å²) in [5, 5.41) is 0. The van der Waals surface area contributed by atoms with Crippen molar-refractivity contribution in [2.75, 3.05) is 6.61 Å². The second-order valence-electron chi connectivity index (χ2n) is 5.18. The summed E-state index contributed by atoms with van der Waals surface area (Å²) in [5.41, 5.74) is 3.07. The van der Waals surface area contributed by atoms with Crippen LogP contribution in [-0.4, -0.2) is 36.4 Å². The van der Waals surface area contributed by atoms with E-state index in [0.29, 0.717) is 0 Å². The lowest BCUT2D eigenvalue weighted by molar-refractivity contribution is 0.0356. The molecule has 2 rings (SSSR count). The number of rotatable bonds is 6. The third-order valence-corrected chi connectivity index (χ3v) is 3.49. The molecule has 1 aromatic heterocycles. The van der Waals surface area contributed by atoms with E-state index in [0.717, 1.165) is 16.7 Å². The number of carbonyl (C=O) groups is 1. The minimum Gasteiger partial charge on any atom is -0.460 e. The number of alkyl halides is 2. The normalized spacial score (nSPS) is 13.8. The van der Waals surface area contributed by atoms with Crippen molar-refractivity contribution in [2.45, 2.75) is 25.4 Å². The molecule has 24 heavy (non-hydrogen) atoms. The Kier molecular flexibility index (Phi) is 5.33. The number of hydrogen-bond acceptors (Lipinski definition) is 4. The Balaban J connectivity index is 2.45. The van der Waals surface area contributed by atoms with Gasteiger partial charge < -0.3 is 15.0 Å². The fourth-order valence-corrected chi connectivity index (χ4v) is 2.28. The van der Waals surface area contributed by atoms with Crippen LogP contribution in [-0.2, 0) is 16.8 Å². The van der Waals surface area contributed by atoms with E-state index in [1.165, 1.54) is 18.5 Å². The molecule has 1 unspecified atom stereocenters. The summed E-state index contributed by atoms with van der Waals surface area (Å²) in [4.78, 5) is 15.6. The molecule has 2 N–H and O–H groups in total. The second-order valence-corrected chi connectivity index (χ2v) is 5.18. The van der Waals surface area contributed by atoms with Gasteiger partial charge in [0.15, 0.2) is 0 Å². The zero-order chi connectivity index (χ0) is 17.9. The number of carbonyl (C=O) groups excluding carboxylic acids is 1. The highest BCUT2D eigenvalue weighted by molar-refractivity contribution is 6.32. The summed E-state index contributed by atoms with van der Waals surface area (Å²) in [7, 11) is 5.56. The Morgan fingerprint density at radius 1 is 1.50 bits per heavy atom. The monoisotopic (exact) mass is 337 g/mol. The van der Waals surface area contributed by atoms with Gasteiger partial charge in [0.05, 0.1) is 13.2 Å². The zero-order valence-electron chi connectivity index (χ0n) is 12.9. The van der Waals surface area contributed by atoms with Gasteiger partial charge in [-0.15, -0.1) is 0 Å².